The van der Waals surface area contributed by atoms with Gasteiger partial charge in [0.2, 0.25) is 0 Å². The maximum absolute atomic E-state index is 8.80. The molecule has 5 nitrogen and oxygen atoms in total. The van der Waals surface area contributed by atoms with Crippen LogP contribution in [-0.2, 0) is 6.54 Å². The van der Waals surface area contributed by atoms with E-state index in [-0.39, 0.29) is 6.10 Å². The second-order valence-electron chi connectivity index (χ2n) is 4.57. The highest BCUT2D eigenvalue weighted by Gasteiger charge is 2.22. The molecule has 0 amide bonds. The molecule has 1 heterocycles. The lowest BCUT2D eigenvalue weighted by molar-refractivity contribution is 0.159. The first-order valence-corrected chi connectivity index (χ1v) is 6.12. The molecule has 1 atom stereocenters. The molecule has 0 spiro atoms. The van der Waals surface area contributed by atoms with E-state index < -0.39 is 0 Å². The molecule has 0 radical (unpaired) electrons. The van der Waals surface area contributed by atoms with Gasteiger partial charge in [-0.05, 0) is 19.5 Å². The van der Waals surface area contributed by atoms with Crippen molar-refractivity contribution >= 4 is 0 Å². The molecule has 18 heavy (non-hydrogen) atoms. The van der Waals surface area contributed by atoms with E-state index in [2.05, 4.69) is 17.4 Å². The molecule has 0 bridgehead atoms. The average molecular weight is 252 g/mol. The lowest BCUT2D eigenvalue weighted by Crippen LogP contribution is -2.21. The lowest BCUT2D eigenvalue weighted by atomic mass is 10.2. The first-order chi connectivity index (χ1) is 8.74. The molecule has 2 rings (SSSR count). The van der Waals surface area contributed by atoms with E-state index in [0.29, 0.717) is 12.3 Å². The van der Waals surface area contributed by atoms with Crippen LogP contribution in [0.2, 0.25) is 0 Å². The molecular weight excluding hydrogens is 232 g/mol. The zero-order valence-corrected chi connectivity index (χ0v) is 10.8. The van der Waals surface area contributed by atoms with Gasteiger partial charge >= 0.3 is 0 Å². The van der Waals surface area contributed by atoms with Crippen LogP contribution in [0.4, 0.5) is 0 Å². The maximum Gasteiger partial charge on any atom is 0.165 e. The lowest BCUT2D eigenvalue weighted by Gasteiger charge is -2.18. The third kappa shape index (κ3) is 2.93. The minimum Gasteiger partial charge on any atom is -0.493 e. The molecule has 0 saturated carbocycles. The number of hydrogen-bond donors (Lipinski definition) is 2. The highest BCUT2D eigenvalue weighted by Crippen LogP contribution is 2.32. The van der Waals surface area contributed by atoms with E-state index in [1.165, 1.54) is 0 Å². The molecule has 1 saturated heterocycles. The second-order valence-corrected chi connectivity index (χ2v) is 4.57. The summed E-state index contributed by atoms with van der Waals surface area (Å²) in [4.78, 5) is 2.25. The third-order valence-electron chi connectivity index (χ3n) is 3.18. The van der Waals surface area contributed by atoms with Gasteiger partial charge in [-0.15, -0.1) is 0 Å². The summed E-state index contributed by atoms with van der Waals surface area (Å²) in [5, 5.41) is 8.80. The predicted octanol–water partition coefficient (Wildman–Crippen LogP) is 1.26. The monoisotopic (exact) mass is 252 g/mol. The smallest absolute Gasteiger partial charge is 0.165 e. The Morgan fingerprint density at radius 2 is 2.33 bits per heavy atom. The first-order valence-electron chi connectivity index (χ1n) is 6.12. The Morgan fingerprint density at radius 3 is 2.94 bits per heavy atom. The van der Waals surface area contributed by atoms with E-state index >= 15 is 0 Å². The molecule has 1 fully saturated rings. The number of methoxy groups -OCH3 is 1. The Kier molecular flexibility index (Phi) is 4.41. The van der Waals surface area contributed by atoms with Crippen LogP contribution >= 0.6 is 0 Å². The summed E-state index contributed by atoms with van der Waals surface area (Å²) in [5.74, 6) is 1.43. The van der Waals surface area contributed by atoms with Gasteiger partial charge < -0.3 is 19.6 Å². The Hall–Kier alpha value is -1.30. The topological polar surface area (TPSA) is 54.0 Å². The second kappa shape index (κ2) is 6.04. The van der Waals surface area contributed by atoms with Crippen LogP contribution in [0.1, 0.15) is 12.0 Å². The van der Waals surface area contributed by atoms with Crippen LogP contribution in [0.15, 0.2) is 18.2 Å². The molecule has 1 aromatic rings. The van der Waals surface area contributed by atoms with Gasteiger partial charge in [0.15, 0.2) is 11.5 Å². The number of hydrogen-bond acceptors (Lipinski definition) is 5. The average Bonchev–Trinajstić information content (AvgIpc) is 2.76. The van der Waals surface area contributed by atoms with Gasteiger partial charge in [0.1, 0.15) is 6.10 Å². The number of likely N-dealkylation sites (N-methyl/N-ethyl adjacent to an activating group) is 1. The molecule has 0 aliphatic carbocycles. The maximum atomic E-state index is 8.80. The summed E-state index contributed by atoms with van der Waals surface area (Å²) in [7, 11) is 3.70. The molecule has 1 unspecified atom stereocenters. The van der Waals surface area contributed by atoms with Crippen LogP contribution in [0, 0.1) is 0 Å². The van der Waals surface area contributed by atoms with Gasteiger partial charge in [-0.1, -0.05) is 12.1 Å². The van der Waals surface area contributed by atoms with Crippen molar-refractivity contribution in [1.29, 1.82) is 0 Å². The van der Waals surface area contributed by atoms with Crippen molar-refractivity contribution in [3.05, 3.63) is 23.8 Å². The first kappa shape index (κ1) is 13.1. The van der Waals surface area contributed by atoms with Gasteiger partial charge in [0.05, 0.1) is 7.11 Å². The molecule has 1 aliphatic heterocycles. The fourth-order valence-corrected chi connectivity index (χ4v) is 2.28. The number of rotatable bonds is 5. The quantitative estimate of drug-likeness (QED) is 0.773. The Labute approximate surface area is 107 Å². The highest BCUT2D eigenvalue weighted by atomic mass is 16.5. The zero-order valence-electron chi connectivity index (χ0n) is 10.8. The zero-order chi connectivity index (χ0) is 13.0. The van der Waals surface area contributed by atoms with Crippen molar-refractivity contribution < 1.29 is 14.7 Å². The third-order valence-corrected chi connectivity index (χ3v) is 3.18. The van der Waals surface area contributed by atoms with Gasteiger partial charge in [-0.3, -0.25) is 0 Å². The number of hydroxylamine groups is 1. The van der Waals surface area contributed by atoms with Gasteiger partial charge in [-0.25, -0.2) is 5.48 Å². The highest BCUT2D eigenvalue weighted by molar-refractivity contribution is 5.46. The van der Waals surface area contributed by atoms with E-state index in [0.717, 1.165) is 30.8 Å². The molecular formula is C13H20N2O3. The van der Waals surface area contributed by atoms with Gasteiger partial charge in [-0.2, -0.15) is 0 Å². The molecule has 100 valence electrons. The number of nitrogens with one attached hydrogen (secondary N) is 1. The Morgan fingerprint density at radius 1 is 1.50 bits per heavy atom. The van der Waals surface area contributed by atoms with Crippen LogP contribution in [-0.4, -0.2) is 43.5 Å². The Bertz CT molecular complexity index is 398. The summed E-state index contributed by atoms with van der Waals surface area (Å²) in [6, 6.07) is 5.71. The summed E-state index contributed by atoms with van der Waals surface area (Å²) in [6.07, 6.45) is 1.24. The standard InChI is InChI=1S/C13H20N2O3/c1-15-7-6-11(9-15)18-12-5-3-4-10(8-14-16)13(12)17-2/h3-5,11,14,16H,6-9H2,1-2H3. The summed E-state index contributed by atoms with van der Waals surface area (Å²) in [6.45, 7) is 2.33. The molecule has 0 aromatic heterocycles. The van der Waals surface area contributed by atoms with E-state index in [9.17, 15) is 0 Å². The molecule has 5 heteroatoms. The Balaban J connectivity index is 2.13. The fraction of sp³-hybridized carbons (Fsp3) is 0.538. The number of benzene rings is 1. The van der Waals surface area contributed by atoms with Gasteiger partial charge in [0, 0.05) is 25.2 Å². The number of ether oxygens (including phenoxy) is 2. The fourth-order valence-electron chi connectivity index (χ4n) is 2.28. The number of nitrogens with zero attached hydrogens (tertiary/aromatic N) is 1. The SMILES string of the molecule is COc1c(CNO)cccc1OC1CCN(C)C1. The van der Waals surface area contributed by atoms with E-state index in [1.54, 1.807) is 7.11 Å². The summed E-state index contributed by atoms with van der Waals surface area (Å²) >= 11 is 0. The minimum atomic E-state index is 0.209. The molecule has 1 aliphatic rings. The van der Waals surface area contributed by atoms with Crippen molar-refractivity contribution in [2.24, 2.45) is 0 Å². The largest absolute Gasteiger partial charge is 0.493 e. The van der Waals surface area contributed by atoms with Gasteiger partial charge in [0.25, 0.3) is 0 Å². The van der Waals surface area contributed by atoms with Crippen LogP contribution in [0.5, 0.6) is 11.5 Å². The van der Waals surface area contributed by atoms with Crippen LogP contribution < -0.4 is 15.0 Å². The van der Waals surface area contributed by atoms with Crippen molar-refractivity contribution in [1.82, 2.24) is 10.4 Å². The molecule has 2 N–H and O–H groups in total. The van der Waals surface area contributed by atoms with Crippen molar-refractivity contribution in [2.75, 3.05) is 27.2 Å². The minimum absolute atomic E-state index is 0.209. The van der Waals surface area contributed by atoms with Crippen molar-refractivity contribution in [3.8, 4) is 11.5 Å². The van der Waals surface area contributed by atoms with E-state index in [1.807, 2.05) is 18.2 Å². The number of para-hydroxylation sites is 1. The summed E-state index contributed by atoms with van der Waals surface area (Å²) in [5.41, 5.74) is 3.02. The normalized spacial score (nSPS) is 20.1. The molecule has 1 aromatic carbocycles. The van der Waals surface area contributed by atoms with Crippen molar-refractivity contribution in [2.45, 2.75) is 19.1 Å². The van der Waals surface area contributed by atoms with Crippen LogP contribution in [0.25, 0.3) is 0 Å². The number of likely N-dealkylation sites (tertiary alicyclic amines) is 1. The van der Waals surface area contributed by atoms with Crippen LogP contribution in [0.3, 0.4) is 0 Å². The predicted molar refractivity (Wildman–Crippen MR) is 68.2 cm³/mol. The van der Waals surface area contributed by atoms with Crippen molar-refractivity contribution in [3.63, 3.8) is 0 Å². The van der Waals surface area contributed by atoms with E-state index in [4.69, 9.17) is 14.7 Å². The summed E-state index contributed by atoms with van der Waals surface area (Å²) < 4.78 is 11.4.